The lowest BCUT2D eigenvalue weighted by molar-refractivity contribution is -0.132. The fourth-order valence-corrected chi connectivity index (χ4v) is 2.89. The van der Waals surface area contributed by atoms with E-state index < -0.39 is 0 Å². The minimum Gasteiger partial charge on any atom is -0.457 e. The van der Waals surface area contributed by atoms with Gasteiger partial charge in [0.1, 0.15) is 23.3 Å². The molecule has 2 unspecified atom stereocenters. The van der Waals surface area contributed by atoms with Crippen LogP contribution in [0, 0.1) is 0 Å². The smallest absolute Gasteiger partial charge is 0.241 e. The molecule has 1 heterocycles. The van der Waals surface area contributed by atoms with E-state index >= 15 is 0 Å². The highest BCUT2D eigenvalue weighted by Crippen LogP contribution is 2.21. The fourth-order valence-electron chi connectivity index (χ4n) is 2.89. The van der Waals surface area contributed by atoms with Crippen molar-refractivity contribution in [3.8, 4) is 11.5 Å². The number of ether oxygens (including phenoxy) is 1. The van der Waals surface area contributed by atoms with Gasteiger partial charge < -0.3 is 9.64 Å². The van der Waals surface area contributed by atoms with Gasteiger partial charge in [0.25, 0.3) is 0 Å². The Kier molecular flexibility index (Phi) is 5.65. The second-order valence-electron chi connectivity index (χ2n) is 6.49. The minimum absolute atomic E-state index is 0.0319. The van der Waals surface area contributed by atoms with E-state index in [0.717, 1.165) is 17.1 Å². The second-order valence-corrected chi connectivity index (χ2v) is 6.49. The summed E-state index contributed by atoms with van der Waals surface area (Å²) < 4.78 is 5.77. The van der Waals surface area contributed by atoms with Crippen molar-refractivity contribution in [2.45, 2.75) is 32.0 Å². The van der Waals surface area contributed by atoms with Crippen molar-refractivity contribution >= 4 is 11.7 Å². The molecule has 0 bridgehead atoms. The highest BCUT2D eigenvalue weighted by molar-refractivity contribution is 5.86. The number of carbonyl (C=O) groups excluding carboxylic acids is 2. The van der Waals surface area contributed by atoms with Crippen molar-refractivity contribution in [1.82, 2.24) is 15.8 Å². The number of benzene rings is 2. The number of para-hydroxylation sites is 1. The number of hydrogen-bond donors (Lipinski definition) is 2. The molecule has 1 fully saturated rings. The molecule has 1 amide bonds. The Morgan fingerprint density at radius 3 is 2.23 bits per heavy atom. The van der Waals surface area contributed by atoms with Crippen LogP contribution in [-0.4, -0.2) is 35.7 Å². The molecule has 2 N–H and O–H groups in total. The van der Waals surface area contributed by atoms with Crippen LogP contribution in [0.4, 0.5) is 0 Å². The van der Waals surface area contributed by atoms with E-state index in [4.69, 9.17) is 4.74 Å². The molecule has 136 valence electrons. The van der Waals surface area contributed by atoms with Gasteiger partial charge >= 0.3 is 0 Å². The molecule has 6 heteroatoms. The molecule has 0 aliphatic carbocycles. The first-order chi connectivity index (χ1) is 12.5. The lowest BCUT2D eigenvalue weighted by atomic mass is 10.1. The predicted molar refractivity (Wildman–Crippen MR) is 98.6 cm³/mol. The predicted octanol–water partition coefficient (Wildman–Crippen LogP) is 2.26. The molecule has 0 radical (unpaired) electrons. The quantitative estimate of drug-likeness (QED) is 0.834. The molecule has 6 nitrogen and oxygen atoms in total. The van der Waals surface area contributed by atoms with E-state index in [1.807, 2.05) is 54.6 Å². The highest BCUT2D eigenvalue weighted by atomic mass is 16.5. The van der Waals surface area contributed by atoms with Crippen LogP contribution in [0.2, 0.25) is 0 Å². The number of nitrogens with one attached hydrogen (secondary N) is 2. The van der Waals surface area contributed by atoms with Crippen LogP contribution < -0.4 is 15.6 Å². The third kappa shape index (κ3) is 4.47. The maximum atomic E-state index is 12.5. The van der Waals surface area contributed by atoms with Crippen molar-refractivity contribution in [3.05, 3.63) is 60.2 Å². The number of ketones is 1. The van der Waals surface area contributed by atoms with Crippen molar-refractivity contribution in [3.63, 3.8) is 0 Å². The molecule has 2 aromatic carbocycles. The zero-order valence-electron chi connectivity index (χ0n) is 14.9. The van der Waals surface area contributed by atoms with E-state index in [1.54, 1.807) is 11.9 Å². The monoisotopic (exact) mass is 353 g/mol. The Labute approximate surface area is 153 Å². The highest BCUT2D eigenvalue weighted by Gasteiger charge is 2.33. The first-order valence-electron chi connectivity index (χ1n) is 8.61. The van der Waals surface area contributed by atoms with Crippen LogP contribution in [0.3, 0.4) is 0 Å². The van der Waals surface area contributed by atoms with Gasteiger partial charge in [-0.3, -0.25) is 9.59 Å². The minimum atomic E-state index is -0.380. The summed E-state index contributed by atoms with van der Waals surface area (Å²) in [7, 11) is 1.76. The van der Waals surface area contributed by atoms with Gasteiger partial charge in [0.15, 0.2) is 0 Å². The van der Waals surface area contributed by atoms with Gasteiger partial charge in [-0.25, -0.2) is 10.9 Å². The molecule has 3 rings (SSSR count). The lowest BCUT2D eigenvalue weighted by Gasteiger charge is -2.21. The molecule has 1 aliphatic rings. The molecule has 0 aromatic heterocycles. The SMILES string of the molecule is CC(=O)C1CC(C(=O)N(C)Cc2ccc(Oc3ccccc3)cc2)NN1. The maximum absolute atomic E-state index is 12.5. The zero-order chi connectivity index (χ0) is 18.5. The Bertz CT molecular complexity index is 762. The van der Waals surface area contributed by atoms with Crippen LogP contribution >= 0.6 is 0 Å². The van der Waals surface area contributed by atoms with E-state index in [9.17, 15) is 9.59 Å². The van der Waals surface area contributed by atoms with E-state index in [2.05, 4.69) is 10.9 Å². The summed E-state index contributed by atoms with van der Waals surface area (Å²) >= 11 is 0. The normalized spacial score (nSPS) is 19.2. The Morgan fingerprint density at radius 2 is 1.62 bits per heavy atom. The van der Waals surface area contributed by atoms with Crippen molar-refractivity contribution in [2.24, 2.45) is 0 Å². The topological polar surface area (TPSA) is 70.7 Å². The molecule has 1 aliphatic heterocycles. The molecule has 2 atom stereocenters. The zero-order valence-corrected chi connectivity index (χ0v) is 14.9. The summed E-state index contributed by atoms with van der Waals surface area (Å²) in [6, 6.07) is 16.6. The first kappa shape index (κ1) is 18.1. The summed E-state index contributed by atoms with van der Waals surface area (Å²) in [5, 5.41) is 0. The summed E-state index contributed by atoms with van der Waals surface area (Å²) in [5.74, 6) is 1.53. The maximum Gasteiger partial charge on any atom is 0.241 e. The Hall–Kier alpha value is -2.70. The van der Waals surface area contributed by atoms with Crippen LogP contribution in [0.1, 0.15) is 18.9 Å². The molecule has 26 heavy (non-hydrogen) atoms. The summed E-state index contributed by atoms with van der Waals surface area (Å²) in [6.07, 6.45) is 0.475. The van der Waals surface area contributed by atoms with E-state index in [1.165, 1.54) is 6.92 Å². The van der Waals surface area contributed by atoms with Gasteiger partial charge in [-0.15, -0.1) is 0 Å². The summed E-state index contributed by atoms with van der Waals surface area (Å²) in [6.45, 7) is 2.02. The molecular formula is C20H23N3O3. The summed E-state index contributed by atoms with van der Waals surface area (Å²) in [4.78, 5) is 25.6. The Balaban J connectivity index is 1.55. The van der Waals surface area contributed by atoms with Gasteiger partial charge in [0.2, 0.25) is 5.91 Å². The van der Waals surface area contributed by atoms with Crippen LogP contribution in [0.5, 0.6) is 11.5 Å². The third-order valence-electron chi connectivity index (χ3n) is 4.39. The molecule has 0 spiro atoms. The number of hydrogen-bond acceptors (Lipinski definition) is 5. The first-order valence-corrected chi connectivity index (χ1v) is 8.61. The summed E-state index contributed by atoms with van der Waals surface area (Å²) in [5.41, 5.74) is 6.79. The molecule has 0 saturated carbocycles. The van der Waals surface area contributed by atoms with Gasteiger partial charge in [-0.1, -0.05) is 30.3 Å². The van der Waals surface area contributed by atoms with Gasteiger partial charge in [0.05, 0.1) is 6.04 Å². The molecule has 2 aromatic rings. The van der Waals surface area contributed by atoms with E-state index in [-0.39, 0.29) is 23.8 Å². The number of likely N-dealkylation sites (N-methyl/N-ethyl adjacent to an activating group) is 1. The second kappa shape index (κ2) is 8.12. The number of nitrogens with zero attached hydrogens (tertiary/aromatic N) is 1. The average molecular weight is 353 g/mol. The number of Topliss-reactive ketones (excluding diaryl/α,β-unsaturated/α-hetero) is 1. The number of hydrazine groups is 1. The number of carbonyl (C=O) groups is 2. The number of amides is 1. The lowest BCUT2D eigenvalue weighted by Crippen LogP contribution is -2.44. The van der Waals surface area contributed by atoms with Crippen LogP contribution in [0.25, 0.3) is 0 Å². The Morgan fingerprint density at radius 1 is 1.00 bits per heavy atom. The average Bonchev–Trinajstić information content (AvgIpc) is 3.14. The number of rotatable bonds is 6. The molecule has 1 saturated heterocycles. The molecular weight excluding hydrogens is 330 g/mol. The van der Waals surface area contributed by atoms with E-state index in [0.29, 0.717) is 13.0 Å². The fraction of sp³-hybridized carbons (Fsp3) is 0.300. The van der Waals surface area contributed by atoms with Gasteiger partial charge in [0, 0.05) is 13.6 Å². The third-order valence-corrected chi connectivity index (χ3v) is 4.39. The van der Waals surface area contributed by atoms with Crippen LogP contribution in [-0.2, 0) is 16.1 Å². The van der Waals surface area contributed by atoms with Crippen molar-refractivity contribution < 1.29 is 14.3 Å². The van der Waals surface area contributed by atoms with Gasteiger partial charge in [-0.05, 0) is 43.2 Å². The van der Waals surface area contributed by atoms with Crippen molar-refractivity contribution in [2.75, 3.05) is 7.05 Å². The van der Waals surface area contributed by atoms with Gasteiger partial charge in [-0.2, -0.15) is 0 Å². The largest absolute Gasteiger partial charge is 0.457 e. The standard InChI is InChI=1S/C20H23N3O3/c1-14(24)18-12-19(22-21-18)20(25)23(2)13-15-8-10-17(11-9-15)26-16-6-4-3-5-7-16/h3-11,18-19,21-22H,12-13H2,1-2H3. The van der Waals surface area contributed by atoms with Crippen molar-refractivity contribution in [1.29, 1.82) is 0 Å². The van der Waals surface area contributed by atoms with Crippen LogP contribution in [0.15, 0.2) is 54.6 Å².